The highest BCUT2D eigenvalue weighted by Crippen LogP contribution is 2.49. The van der Waals surface area contributed by atoms with Gasteiger partial charge < -0.3 is 5.32 Å². The lowest BCUT2D eigenvalue weighted by Gasteiger charge is -2.28. The van der Waals surface area contributed by atoms with Crippen LogP contribution in [0.15, 0.2) is 29.2 Å². The quantitative estimate of drug-likeness (QED) is 0.803. The summed E-state index contributed by atoms with van der Waals surface area (Å²) in [5.41, 5.74) is 1.41. The standard InChI is InChI=1S/C17H25NS/c1-12(17-10-14-3-6-15(17)9-14)18-11-13-4-7-16(19-2)8-5-13/h4-5,7-8,12,14-15,17-18H,3,6,9-11H2,1-2H3. The van der Waals surface area contributed by atoms with Crippen LogP contribution in [-0.4, -0.2) is 12.3 Å². The molecule has 0 spiro atoms. The predicted octanol–water partition coefficient (Wildman–Crippen LogP) is 4.32. The van der Waals surface area contributed by atoms with Crippen LogP contribution in [0, 0.1) is 17.8 Å². The van der Waals surface area contributed by atoms with Crippen molar-refractivity contribution >= 4 is 11.8 Å². The first-order valence-corrected chi connectivity index (χ1v) is 8.85. The third kappa shape index (κ3) is 3.00. The topological polar surface area (TPSA) is 12.0 Å². The molecule has 1 N–H and O–H groups in total. The van der Waals surface area contributed by atoms with Crippen LogP contribution in [0.5, 0.6) is 0 Å². The molecule has 0 radical (unpaired) electrons. The smallest absolute Gasteiger partial charge is 0.0208 e. The third-order valence-electron chi connectivity index (χ3n) is 5.22. The normalized spacial score (nSPS) is 30.7. The number of thioether (sulfide) groups is 1. The van der Waals surface area contributed by atoms with Crippen LogP contribution in [-0.2, 0) is 6.54 Å². The molecule has 2 aliphatic carbocycles. The van der Waals surface area contributed by atoms with Gasteiger partial charge >= 0.3 is 0 Å². The fourth-order valence-electron chi connectivity index (χ4n) is 4.08. The Labute approximate surface area is 121 Å². The largest absolute Gasteiger partial charge is 0.310 e. The number of rotatable bonds is 5. The number of fused-ring (bicyclic) bond motifs is 2. The van der Waals surface area contributed by atoms with Crippen molar-refractivity contribution in [1.29, 1.82) is 0 Å². The average Bonchev–Trinajstić information content (AvgIpc) is 3.08. The van der Waals surface area contributed by atoms with E-state index in [1.54, 1.807) is 0 Å². The van der Waals surface area contributed by atoms with Crippen molar-refractivity contribution in [2.75, 3.05) is 6.26 Å². The van der Waals surface area contributed by atoms with E-state index in [-0.39, 0.29) is 0 Å². The molecule has 19 heavy (non-hydrogen) atoms. The van der Waals surface area contributed by atoms with Gasteiger partial charge in [-0.05, 0) is 67.9 Å². The Morgan fingerprint density at radius 2 is 2.00 bits per heavy atom. The van der Waals surface area contributed by atoms with Crippen molar-refractivity contribution in [3.05, 3.63) is 29.8 Å². The molecule has 0 heterocycles. The zero-order chi connectivity index (χ0) is 13.2. The van der Waals surface area contributed by atoms with Crippen LogP contribution in [0.4, 0.5) is 0 Å². The summed E-state index contributed by atoms with van der Waals surface area (Å²) >= 11 is 1.81. The summed E-state index contributed by atoms with van der Waals surface area (Å²) in [5, 5.41) is 3.76. The van der Waals surface area contributed by atoms with Crippen LogP contribution in [0.25, 0.3) is 0 Å². The average molecular weight is 275 g/mol. The van der Waals surface area contributed by atoms with Gasteiger partial charge in [0.05, 0.1) is 0 Å². The van der Waals surface area contributed by atoms with Gasteiger partial charge in [-0.1, -0.05) is 18.6 Å². The minimum absolute atomic E-state index is 0.676. The first-order valence-electron chi connectivity index (χ1n) is 7.62. The van der Waals surface area contributed by atoms with Gasteiger partial charge in [-0.2, -0.15) is 0 Å². The molecule has 1 aromatic carbocycles. The van der Waals surface area contributed by atoms with Crippen molar-refractivity contribution in [1.82, 2.24) is 5.32 Å². The molecule has 0 amide bonds. The Balaban J connectivity index is 1.51. The van der Waals surface area contributed by atoms with Crippen molar-refractivity contribution in [2.45, 2.75) is 50.1 Å². The molecule has 1 nitrogen and oxygen atoms in total. The molecule has 4 unspecified atom stereocenters. The van der Waals surface area contributed by atoms with E-state index in [4.69, 9.17) is 0 Å². The summed E-state index contributed by atoms with van der Waals surface area (Å²) in [4.78, 5) is 1.35. The fourth-order valence-corrected chi connectivity index (χ4v) is 4.49. The first-order chi connectivity index (χ1) is 9.26. The van der Waals surface area contributed by atoms with Gasteiger partial charge in [0.2, 0.25) is 0 Å². The van der Waals surface area contributed by atoms with Crippen molar-refractivity contribution < 1.29 is 0 Å². The van der Waals surface area contributed by atoms with E-state index in [9.17, 15) is 0 Å². The molecule has 2 saturated carbocycles. The van der Waals surface area contributed by atoms with Gasteiger partial charge in [0.1, 0.15) is 0 Å². The maximum atomic E-state index is 3.76. The third-order valence-corrected chi connectivity index (χ3v) is 5.97. The highest BCUT2D eigenvalue weighted by Gasteiger charge is 2.41. The lowest BCUT2D eigenvalue weighted by atomic mass is 9.84. The molecule has 104 valence electrons. The van der Waals surface area contributed by atoms with Gasteiger partial charge in [-0.3, -0.25) is 0 Å². The molecule has 2 heteroatoms. The van der Waals surface area contributed by atoms with Crippen molar-refractivity contribution in [2.24, 2.45) is 17.8 Å². The number of benzene rings is 1. The second-order valence-electron chi connectivity index (χ2n) is 6.36. The Hall–Kier alpha value is -0.470. The zero-order valence-corrected chi connectivity index (χ0v) is 12.9. The predicted molar refractivity (Wildman–Crippen MR) is 83.5 cm³/mol. The van der Waals surface area contributed by atoms with E-state index in [0.29, 0.717) is 6.04 Å². The molecule has 2 fully saturated rings. The Kier molecular flexibility index (Phi) is 4.18. The number of hydrogen-bond acceptors (Lipinski definition) is 2. The maximum absolute atomic E-state index is 3.76. The SMILES string of the molecule is CSc1ccc(CNC(C)C2CC3CCC2C3)cc1. The van der Waals surface area contributed by atoms with Crippen LogP contribution in [0.1, 0.15) is 38.2 Å². The second-order valence-corrected chi connectivity index (χ2v) is 7.24. The molecule has 2 bridgehead atoms. The summed E-state index contributed by atoms with van der Waals surface area (Å²) in [6.45, 7) is 3.41. The lowest BCUT2D eigenvalue weighted by Crippen LogP contribution is -2.35. The first kappa shape index (κ1) is 13.5. The van der Waals surface area contributed by atoms with Gasteiger partial charge in [0.25, 0.3) is 0 Å². The van der Waals surface area contributed by atoms with Crippen LogP contribution in [0.3, 0.4) is 0 Å². The van der Waals surface area contributed by atoms with E-state index in [1.165, 1.54) is 36.1 Å². The Morgan fingerprint density at radius 1 is 1.21 bits per heavy atom. The fraction of sp³-hybridized carbons (Fsp3) is 0.647. The monoisotopic (exact) mass is 275 g/mol. The van der Waals surface area contributed by atoms with E-state index in [1.807, 2.05) is 11.8 Å². The summed E-state index contributed by atoms with van der Waals surface area (Å²) in [6.07, 6.45) is 8.11. The molecule has 2 aliphatic rings. The maximum Gasteiger partial charge on any atom is 0.0208 e. The van der Waals surface area contributed by atoms with E-state index in [2.05, 4.69) is 42.8 Å². The van der Waals surface area contributed by atoms with Crippen molar-refractivity contribution in [3.8, 4) is 0 Å². The van der Waals surface area contributed by atoms with Crippen LogP contribution >= 0.6 is 11.8 Å². The summed E-state index contributed by atoms with van der Waals surface area (Å²) < 4.78 is 0. The summed E-state index contributed by atoms with van der Waals surface area (Å²) in [5.74, 6) is 3.01. The second kappa shape index (κ2) is 5.88. The van der Waals surface area contributed by atoms with E-state index >= 15 is 0 Å². The molecule has 0 aromatic heterocycles. The summed E-state index contributed by atoms with van der Waals surface area (Å²) in [6, 6.07) is 9.64. The van der Waals surface area contributed by atoms with E-state index in [0.717, 1.165) is 24.3 Å². The van der Waals surface area contributed by atoms with Gasteiger partial charge in [0.15, 0.2) is 0 Å². The number of hydrogen-bond donors (Lipinski definition) is 1. The van der Waals surface area contributed by atoms with Crippen LogP contribution in [0.2, 0.25) is 0 Å². The van der Waals surface area contributed by atoms with Crippen molar-refractivity contribution in [3.63, 3.8) is 0 Å². The van der Waals surface area contributed by atoms with E-state index < -0.39 is 0 Å². The Morgan fingerprint density at radius 3 is 2.58 bits per heavy atom. The molecule has 0 saturated heterocycles. The molecule has 4 atom stereocenters. The Bertz CT molecular complexity index is 414. The molecule has 3 rings (SSSR count). The molecule has 0 aliphatic heterocycles. The lowest BCUT2D eigenvalue weighted by molar-refractivity contribution is 0.259. The highest BCUT2D eigenvalue weighted by atomic mass is 32.2. The van der Waals surface area contributed by atoms with Gasteiger partial charge in [-0.25, -0.2) is 0 Å². The minimum Gasteiger partial charge on any atom is -0.310 e. The van der Waals surface area contributed by atoms with Crippen LogP contribution < -0.4 is 5.32 Å². The molecular formula is C17H25NS. The number of nitrogens with one attached hydrogen (secondary N) is 1. The molecular weight excluding hydrogens is 250 g/mol. The van der Waals surface area contributed by atoms with Gasteiger partial charge in [-0.15, -0.1) is 11.8 Å². The van der Waals surface area contributed by atoms with Gasteiger partial charge in [0, 0.05) is 17.5 Å². The molecule has 1 aromatic rings. The minimum atomic E-state index is 0.676. The highest BCUT2D eigenvalue weighted by molar-refractivity contribution is 7.98. The summed E-state index contributed by atoms with van der Waals surface area (Å²) in [7, 11) is 0. The zero-order valence-electron chi connectivity index (χ0n) is 12.1.